The van der Waals surface area contributed by atoms with Gasteiger partial charge >= 0.3 is 0 Å². The van der Waals surface area contributed by atoms with Crippen LogP contribution in [0.2, 0.25) is 0 Å². The molecule has 3 aromatic heterocycles. The van der Waals surface area contributed by atoms with Crippen LogP contribution in [-0.4, -0.2) is 85.6 Å². The molecular formula is C35H39N7O5. The zero-order valence-electron chi connectivity index (χ0n) is 26.5. The molecule has 244 valence electrons. The van der Waals surface area contributed by atoms with Crippen molar-refractivity contribution in [2.75, 3.05) is 39.9 Å². The van der Waals surface area contributed by atoms with Crippen LogP contribution in [0.4, 0.5) is 0 Å². The largest absolute Gasteiger partial charge is 0.493 e. The van der Waals surface area contributed by atoms with E-state index in [0.717, 1.165) is 17.8 Å². The maximum absolute atomic E-state index is 13.7. The number of aromatic amines is 1. The fourth-order valence-corrected chi connectivity index (χ4v) is 5.90. The van der Waals surface area contributed by atoms with Crippen molar-refractivity contribution >= 4 is 22.7 Å². The lowest BCUT2D eigenvalue weighted by Crippen LogP contribution is -2.37. The first kappa shape index (κ1) is 31.6. The number of rotatable bonds is 5. The highest BCUT2D eigenvalue weighted by molar-refractivity contribution is 5.92. The van der Waals surface area contributed by atoms with E-state index < -0.39 is 0 Å². The Morgan fingerprint density at radius 3 is 2.60 bits per heavy atom. The predicted octanol–water partition coefficient (Wildman–Crippen LogP) is 4.22. The number of aromatic nitrogens is 5. The Bertz CT molecular complexity index is 1880. The van der Waals surface area contributed by atoms with Crippen LogP contribution in [0.1, 0.15) is 36.2 Å². The minimum Gasteiger partial charge on any atom is -0.493 e. The van der Waals surface area contributed by atoms with Crippen molar-refractivity contribution in [3.63, 3.8) is 0 Å². The summed E-state index contributed by atoms with van der Waals surface area (Å²) < 4.78 is 15.2. The van der Waals surface area contributed by atoms with Gasteiger partial charge in [-0.2, -0.15) is 0 Å². The number of carbonyl (C=O) groups is 2. The molecule has 0 atom stereocenters. The first-order valence-corrected chi connectivity index (χ1v) is 16.0. The van der Waals surface area contributed by atoms with E-state index in [-0.39, 0.29) is 30.3 Å². The number of methoxy groups -OCH3 is 1. The number of fused-ring (bicyclic) bond motifs is 5. The SMILES string of the molecule is COc1ccc2cc1OCCCN(C(=O)c1ccc[nH]1)CCCCN(C(=O)CCn1cnc3ccccc3c1=O)CCn1ccnc1-2. The maximum Gasteiger partial charge on any atom is 0.270 e. The van der Waals surface area contributed by atoms with Gasteiger partial charge in [0.2, 0.25) is 5.91 Å². The van der Waals surface area contributed by atoms with Gasteiger partial charge < -0.3 is 28.8 Å². The van der Waals surface area contributed by atoms with E-state index in [1.54, 1.807) is 37.7 Å². The van der Waals surface area contributed by atoms with Crippen molar-refractivity contribution in [1.82, 2.24) is 33.9 Å². The van der Waals surface area contributed by atoms with Gasteiger partial charge in [-0.05, 0) is 61.7 Å². The third kappa shape index (κ3) is 7.37. The first-order valence-electron chi connectivity index (χ1n) is 16.0. The average Bonchev–Trinajstić information content (AvgIpc) is 3.81. The molecule has 0 saturated heterocycles. The average molecular weight is 638 g/mol. The summed E-state index contributed by atoms with van der Waals surface area (Å²) in [7, 11) is 1.60. The second kappa shape index (κ2) is 14.8. The van der Waals surface area contributed by atoms with E-state index in [9.17, 15) is 14.4 Å². The Labute approximate surface area is 272 Å². The molecule has 2 aromatic carbocycles. The first-order chi connectivity index (χ1) is 23.0. The molecule has 2 bridgehead atoms. The van der Waals surface area contributed by atoms with Gasteiger partial charge in [-0.25, -0.2) is 9.97 Å². The molecule has 1 aliphatic heterocycles. The number of para-hydroxylation sites is 1. The molecule has 0 fully saturated rings. The van der Waals surface area contributed by atoms with Gasteiger partial charge in [-0.15, -0.1) is 0 Å². The smallest absolute Gasteiger partial charge is 0.270 e. The van der Waals surface area contributed by atoms with Gasteiger partial charge in [0.1, 0.15) is 11.5 Å². The second-order valence-electron chi connectivity index (χ2n) is 11.5. The summed E-state index contributed by atoms with van der Waals surface area (Å²) in [5.41, 5.74) is 1.87. The molecule has 4 heterocycles. The van der Waals surface area contributed by atoms with Gasteiger partial charge in [-0.1, -0.05) is 12.1 Å². The van der Waals surface area contributed by atoms with Crippen LogP contribution in [0.5, 0.6) is 11.5 Å². The highest BCUT2D eigenvalue weighted by Gasteiger charge is 2.20. The third-order valence-electron chi connectivity index (χ3n) is 8.45. The molecule has 47 heavy (non-hydrogen) atoms. The zero-order valence-corrected chi connectivity index (χ0v) is 26.5. The van der Waals surface area contributed by atoms with Crippen LogP contribution in [0, 0.1) is 0 Å². The number of aryl methyl sites for hydroxylation is 1. The molecule has 12 nitrogen and oxygen atoms in total. The maximum atomic E-state index is 13.7. The summed E-state index contributed by atoms with van der Waals surface area (Å²) in [6.45, 7) is 3.20. The quantitative estimate of drug-likeness (QED) is 0.306. The molecule has 12 heteroatoms. The van der Waals surface area contributed by atoms with Gasteiger partial charge in [0, 0.05) is 69.8 Å². The van der Waals surface area contributed by atoms with E-state index in [1.807, 2.05) is 57.0 Å². The predicted molar refractivity (Wildman–Crippen MR) is 177 cm³/mol. The molecule has 0 radical (unpaired) electrons. The zero-order chi connectivity index (χ0) is 32.6. The fourth-order valence-electron chi connectivity index (χ4n) is 5.90. The number of nitrogens with zero attached hydrogens (tertiary/aromatic N) is 6. The summed E-state index contributed by atoms with van der Waals surface area (Å²) in [5, 5.41) is 0.529. The number of ether oxygens (including phenoxy) is 2. The van der Waals surface area contributed by atoms with Gasteiger partial charge in [0.25, 0.3) is 11.5 Å². The number of hydrogen-bond donors (Lipinski definition) is 1. The van der Waals surface area contributed by atoms with E-state index in [0.29, 0.717) is 80.3 Å². The number of H-pyrrole nitrogens is 1. The van der Waals surface area contributed by atoms with Crippen LogP contribution >= 0.6 is 0 Å². The third-order valence-corrected chi connectivity index (χ3v) is 8.45. The normalized spacial score (nSPS) is 14.7. The van der Waals surface area contributed by atoms with Crippen molar-refractivity contribution in [2.24, 2.45) is 0 Å². The molecule has 0 unspecified atom stereocenters. The molecule has 2 amide bonds. The molecule has 5 aromatic rings. The van der Waals surface area contributed by atoms with Crippen LogP contribution in [0.3, 0.4) is 0 Å². The van der Waals surface area contributed by atoms with Crippen LogP contribution in [0.15, 0.2) is 84.3 Å². The van der Waals surface area contributed by atoms with Crippen LogP contribution in [-0.2, 0) is 17.9 Å². The molecular weight excluding hydrogens is 598 g/mol. The van der Waals surface area contributed by atoms with Crippen molar-refractivity contribution in [1.29, 1.82) is 0 Å². The summed E-state index contributed by atoms with van der Waals surface area (Å²) in [6.07, 6.45) is 9.12. The number of amides is 2. The number of carbonyl (C=O) groups excluding carboxylic acids is 2. The molecule has 0 aliphatic carbocycles. The Hall–Kier alpha value is -5.39. The summed E-state index contributed by atoms with van der Waals surface area (Å²) in [5.74, 6) is 1.85. The summed E-state index contributed by atoms with van der Waals surface area (Å²) >= 11 is 0. The molecule has 1 aliphatic rings. The standard InChI is InChI=1S/C35H39N7O5/c1-46-30-12-11-26-24-31(30)47-23-7-18-41(35(45)29-10-6-14-36-29)17-5-4-16-39(21-22-40-20-15-37-33(26)40)32(43)13-19-42-25-38-28-9-3-2-8-27(28)34(42)44/h2-3,6,8-12,14-15,20,24-25,36H,4-5,7,13,16-19,21-23H2,1H3. The van der Waals surface area contributed by atoms with E-state index in [2.05, 4.69) is 15.0 Å². The van der Waals surface area contributed by atoms with Crippen molar-refractivity contribution in [2.45, 2.75) is 38.8 Å². The highest BCUT2D eigenvalue weighted by atomic mass is 16.5. The van der Waals surface area contributed by atoms with Gasteiger partial charge in [0.15, 0.2) is 11.5 Å². The minimum atomic E-state index is -0.162. The summed E-state index contributed by atoms with van der Waals surface area (Å²) in [6, 6.07) is 16.5. The van der Waals surface area contributed by atoms with E-state index >= 15 is 0 Å². The number of nitrogens with one attached hydrogen (secondary N) is 1. The lowest BCUT2D eigenvalue weighted by molar-refractivity contribution is -0.131. The topological polar surface area (TPSA) is 128 Å². The molecule has 0 saturated carbocycles. The molecule has 6 rings (SSSR count). The molecule has 0 spiro atoms. The number of benzene rings is 2. The highest BCUT2D eigenvalue weighted by Crippen LogP contribution is 2.32. The second-order valence-corrected chi connectivity index (χ2v) is 11.5. The van der Waals surface area contributed by atoms with Crippen LogP contribution < -0.4 is 15.0 Å². The van der Waals surface area contributed by atoms with Crippen molar-refractivity contribution < 1.29 is 19.1 Å². The minimum absolute atomic E-state index is 0.0518. The number of imidazole rings is 1. The van der Waals surface area contributed by atoms with Gasteiger partial charge in [-0.3, -0.25) is 19.0 Å². The Morgan fingerprint density at radius 1 is 0.936 bits per heavy atom. The lowest BCUT2D eigenvalue weighted by Gasteiger charge is -2.25. The number of hydrogen-bond acceptors (Lipinski definition) is 7. The van der Waals surface area contributed by atoms with Gasteiger partial charge in [0.05, 0.1) is 30.9 Å². The Morgan fingerprint density at radius 2 is 1.77 bits per heavy atom. The monoisotopic (exact) mass is 637 g/mol. The van der Waals surface area contributed by atoms with E-state index in [1.165, 1.54) is 10.9 Å². The van der Waals surface area contributed by atoms with E-state index in [4.69, 9.17) is 9.47 Å². The molecule has 1 N–H and O–H groups in total. The fraction of sp³-hybridized carbons (Fsp3) is 0.343. The summed E-state index contributed by atoms with van der Waals surface area (Å²) in [4.78, 5) is 55.8. The van der Waals surface area contributed by atoms with Crippen LogP contribution in [0.25, 0.3) is 22.3 Å². The Kier molecular flexibility index (Phi) is 9.95. The van der Waals surface area contributed by atoms with Crippen molar-refractivity contribution in [3.05, 3.63) is 95.6 Å². The lowest BCUT2D eigenvalue weighted by atomic mass is 10.2. The Balaban J connectivity index is 1.22. The van der Waals surface area contributed by atoms with Crippen molar-refractivity contribution in [3.8, 4) is 22.9 Å².